The number of benzene rings is 2. The number of carboxylic acids is 4. The number of halogens is 2. The third-order valence-corrected chi connectivity index (χ3v) is 20.3. The summed E-state index contributed by atoms with van der Waals surface area (Å²) in [5, 5.41) is 54.1. The number of nitrogens with one attached hydrogen (secondary N) is 6. The second-order valence-electron chi connectivity index (χ2n) is 29.7. The van der Waals surface area contributed by atoms with Gasteiger partial charge in [0.15, 0.2) is 51.0 Å². The Morgan fingerprint density at radius 3 is 1.55 bits per heavy atom. The first kappa shape index (κ1) is 99.7. The maximum Gasteiger partial charge on any atom is 0.326 e. The number of nitrogen functional groups attached to an aromatic ring is 3. The smallest absolute Gasteiger partial charge is 0.326 e. The van der Waals surface area contributed by atoms with Crippen molar-refractivity contribution in [1.29, 1.82) is 0 Å². The molecule has 2 aromatic carbocycles. The molecule has 6 amide bonds. The van der Waals surface area contributed by atoms with Gasteiger partial charge in [0.05, 0.1) is 123 Å². The van der Waals surface area contributed by atoms with E-state index in [2.05, 4.69) is 98.9 Å². The van der Waals surface area contributed by atoms with Gasteiger partial charge in [0, 0.05) is 71.0 Å². The standard InChI is InChI=1S/C78H116Cl2N18O20/c1-8-13-52(22-29-60(100)65-69(81)96-71(83)68(80)94-65)97(4,5)33-11-15-48-18-24-56(25-19-48)118-40-38-116-36-32-88-78(114)93-58(76(112)113)28-23-54(99)41-50(43-62(102)103)72(108)91-57(17-10-30-87-77(84)85)61(101)42-51(44-63(104)105)73(109)92-59(45-64(106)107)74(110)86-31-35-115-37-39-117-55-26-20-49(21-27-55)16-12-34-98(6,7)53(14-9-2)46-89-75(111)66-70(82)90-47(3)67(79)95-66/h18-21,24-27,50-53,57-59H,8-17,22-23,28-46H2,1-7H3,(H18-2,81,82,83,84,85,86,87,88,89,90,91,92,93,96,100,102,103,104,105,106,107,108,109,110,111,112,113,114)/p+2/t50-,51-,52-,53-,57-,58-,59-/m0/s1. The molecular weight excluding hydrogens is 1580 g/mol. The van der Waals surface area contributed by atoms with E-state index in [1.165, 1.54) is 0 Å². The summed E-state index contributed by atoms with van der Waals surface area (Å²) in [5.74, 6) is -14.7. The van der Waals surface area contributed by atoms with Crippen LogP contribution in [0.3, 0.4) is 0 Å². The number of urea groups is 1. The van der Waals surface area contributed by atoms with Crippen molar-refractivity contribution >= 4 is 118 Å². The topological polar surface area (TPSA) is 589 Å². The highest BCUT2D eigenvalue weighted by Gasteiger charge is 2.36. The minimum atomic E-state index is -1.79. The van der Waals surface area contributed by atoms with Crippen molar-refractivity contribution in [3.8, 4) is 11.5 Å². The van der Waals surface area contributed by atoms with E-state index in [9.17, 15) is 78.0 Å². The molecule has 0 saturated carbocycles. The first-order valence-electron chi connectivity index (χ1n) is 39.2. The number of aliphatic imine (C=N–C) groups is 1. The highest BCUT2D eigenvalue weighted by molar-refractivity contribution is 6.31. The highest BCUT2D eigenvalue weighted by atomic mass is 35.5. The van der Waals surface area contributed by atoms with Crippen molar-refractivity contribution in [2.24, 2.45) is 28.3 Å². The minimum Gasteiger partial charge on any atom is -0.491 e. The molecule has 0 radical (unpaired) electrons. The molecule has 0 aliphatic carbocycles. The number of quaternary nitrogens is 2. The van der Waals surface area contributed by atoms with E-state index < -0.39 is 140 Å². The summed E-state index contributed by atoms with van der Waals surface area (Å²) in [7, 11) is 8.57. The maximum absolute atomic E-state index is 14.1. The van der Waals surface area contributed by atoms with Gasteiger partial charge in [0.25, 0.3) is 5.91 Å². The van der Waals surface area contributed by atoms with Crippen molar-refractivity contribution in [2.45, 2.75) is 173 Å². The molecule has 7 atom stereocenters. The molecule has 0 fully saturated rings. The van der Waals surface area contributed by atoms with E-state index in [1.54, 1.807) is 6.92 Å². The van der Waals surface area contributed by atoms with Gasteiger partial charge in [0.1, 0.15) is 54.3 Å². The van der Waals surface area contributed by atoms with Gasteiger partial charge in [-0.15, -0.1) is 0 Å². The van der Waals surface area contributed by atoms with Gasteiger partial charge in [-0.1, -0.05) is 74.2 Å². The lowest BCUT2D eigenvalue weighted by Gasteiger charge is -2.38. The number of carboxylic acid groups (broad SMARTS) is 4. The van der Waals surface area contributed by atoms with E-state index in [1.807, 2.05) is 48.5 Å². The summed E-state index contributed by atoms with van der Waals surface area (Å²) in [4.78, 5) is 176. The average Bonchev–Trinajstić information content (AvgIpc) is 0.838. The Balaban J connectivity index is 1.20. The molecule has 4 aromatic rings. The quantitative estimate of drug-likeness (QED) is 0.00982. The molecule has 40 heteroatoms. The number of aliphatic carboxylic acids is 4. The number of carbonyl (C=O) groups excluding carboxylic acids is 8. The molecule has 2 heterocycles. The summed E-state index contributed by atoms with van der Waals surface area (Å²) in [6.45, 7) is 8.01. The summed E-state index contributed by atoms with van der Waals surface area (Å²) >= 11 is 12.1. The number of likely N-dealkylation sites (N-methyl/N-ethyl adjacent to an activating group) is 1. The number of carbonyl (C=O) groups is 12. The Kier molecular flexibility index (Phi) is 43.5. The second-order valence-corrected chi connectivity index (χ2v) is 30.5. The fraction of sp³-hybridized carbons (Fsp3) is 0.577. The van der Waals surface area contributed by atoms with Gasteiger partial charge in [0.2, 0.25) is 17.7 Å². The van der Waals surface area contributed by atoms with E-state index >= 15 is 0 Å². The number of aromatic nitrogens is 4. The van der Waals surface area contributed by atoms with Crippen LogP contribution < -0.4 is 70.0 Å². The fourth-order valence-corrected chi connectivity index (χ4v) is 13.3. The number of ketones is 3. The lowest BCUT2D eigenvalue weighted by Crippen LogP contribution is -2.54. The number of hydrogen-bond donors (Lipinski definition) is 15. The number of guanidine groups is 1. The van der Waals surface area contributed by atoms with Gasteiger partial charge in [-0.2, -0.15) is 0 Å². The largest absolute Gasteiger partial charge is 0.491 e. The first-order valence-corrected chi connectivity index (χ1v) is 39.9. The number of hydrogen-bond acceptors (Lipinski definition) is 24. The maximum atomic E-state index is 14.1. The van der Waals surface area contributed by atoms with Crippen molar-refractivity contribution < 1.29 is 106 Å². The molecule has 4 rings (SSSR count). The predicted molar refractivity (Wildman–Crippen MR) is 438 cm³/mol. The van der Waals surface area contributed by atoms with E-state index in [0.29, 0.717) is 39.1 Å². The zero-order valence-corrected chi connectivity index (χ0v) is 69.7. The Hall–Kier alpha value is -10.7. The van der Waals surface area contributed by atoms with Gasteiger partial charge in [-0.25, -0.2) is 29.5 Å². The first-order chi connectivity index (χ1) is 55.8. The lowest BCUT2D eigenvalue weighted by molar-refractivity contribution is -0.916. The number of nitrogens with zero attached hydrogens (tertiary/aromatic N) is 7. The molecule has 118 heavy (non-hydrogen) atoms. The third-order valence-electron chi connectivity index (χ3n) is 19.6. The molecule has 0 aliphatic rings. The van der Waals surface area contributed by atoms with Gasteiger partial charge in [-0.05, 0) is 80.8 Å². The number of amides is 6. The van der Waals surface area contributed by atoms with Crippen LogP contribution in [0.15, 0.2) is 53.5 Å². The SMILES string of the molecule is CCC[C@@H](CCC(=O)c1nc(Cl)c(N)nc1N)[N+](C)(C)CCCc1ccc(OCCOCCNC(=O)N[C@@H](CCC(=O)C[C@@H](CC(=O)O)C(=O)N[C@@H](CCCN=C(N)N)C(=O)C[C@@H](CC(=O)O)C(=O)N[C@@H](CC(=O)O)C(=O)NCCOCCOc2ccc(CCC[N+](C)(C)[C@@H](CCC)CNC(=O)c3nc(Cl)c(C)nc3N)cc2)C(=O)O)cc1. The zero-order valence-electron chi connectivity index (χ0n) is 68.2. The van der Waals surface area contributed by atoms with Crippen LogP contribution in [0.4, 0.5) is 22.2 Å². The molecule has 2 aromatic heterocycles. The molecule has 38 nitrogen and oxygen atoms in total. The number of ether oxygens (including phenoxy) is 4. The van der Waals surface area contributed by atoms with Crippen molar-refractivity contribution in [3.05, 3.63) is 87.0 Å². The molecular formula is C78H118Cl2N18O20+2. The van der Waals surface area contributed by atoms with E-state index in [4.69, 9.17) is 70.8 Å². The summed E-state index contributed by atoms with van der Waals surface area (Å²) in [6.07, 6.45) is 1.77. The Morgan fingerprint density at radius 1 is 0.508 bits per heavy atom. The van der Waals surface area contributed by atoms with Crippen LogP contribution in [0, 0.1) is 18.8 Å². The number of anilines is 3. The van der Waals surface area contributed by atoms with Crippen molar-refractivity contribution in [3.63, 3.8) is 0 Å². The number of nitrogens with two attached hydrogens (primary N) is 5. The molecule has 0 bridgehead atoms. The monoisotopic (exact) mass is 1700 g/mol. The average molecular weight is 1700 g/mol. The van der Waals surface area contributed by atoms with Crippen LogP contribution in [0.25, 0.3) is 0 Å². The molecule has 0 spiro atoms. The number of Topliss-reactive ketones (excluding diaryl/α,β-unsaturated/α-hetero) is 3. The minimum absolute atomic E-state index is 0.00503. The van der Waals surface area contributed by atoms with Crippen LogP contribution in [-0.2, 0) is 65.5 Å². The molecule has 0 unspecified atom stereocenters. The Labute approximate surface area is 696 Å². The molecule has 652 valence electrons. The van der Waals surface area contributed by atoms with Crippen LogP contribution in [0.2, 0.25) is 10.3 Å². The second kappa shape index (κ2) is 51.5. The van der Waals surface area contributed by atoms with Crippen LogP contribution in [-0.4, -0.2) is 263 Å². The van der Waals surface area contributed by atoms with Crippen LogP contribution in [0.5, 0.6) is 11.5 Å². The van der Waals surface area contributed by atoms with Crippen molar-refractivity contribution in [1.82, 2.24) is 51.8 Å². The summed E-state index contributed by atoms with van der Waals surface area (Å²) in [6, 6.07) is 9.58. The van der Waals surface area contributed by atoms with Gasteiger partial charge >= 0.3 is 29.9 Å². The lowest BCUT2D eigenvalue weighted by atomic mass is 9.91. The molecule has 0 aliphatic heterocycles. The predicted octanol–water partition coefficient (Wildman–Crippen LogP) is 3.81. The zero-order chi connectivity index (χ0) is 87.7. The molecule has 0 saturated heterocycles. The van der Waals surface area contributed by atoms with Gasteiger partial charge < -0.3 is 109 Å². The van der Waals surface area contributed by atoms with Crippen molar-refractivity contribution in [2.75, 3.05) is 124 Å². The van der Waals surface area contributed by atoms with E-state index in [0.717, 1.165) is 75.6 Å². The third kappa shape index (κ3) is 37.3. The van der Waals surface area contributed by atoms with E-state index in [-0.39, 0.29) is 142 Å². The van der Waals surface area contributed by atoms with Crippen LogP contribution in [0.1, 0.15) is 161 Å². The summed E-state index contributed by atoms with van der Waals surface area (Å²) < 4.78 is 24.2. The van der Waals surface area contributed by atoms with Crippen LogP contribution >= 0.6 is 23.2 Å². The molecule has 20 N–H and O–H groups in total. The highest BCUT2D eigenvalue weighted by Crippen LogP contribution is 2.26. The number of rotatable bonds is 60. The Morgan fingerprint density at radius 2 is 1.02 bits per heavy atom. The fourth-order valence-electron chi connectivity index (χ4n) is 13.0. The Bertz CT molecular complexity index is 4030. The number of aryl methyl sites for hydroxylation is 3. The normalized spacial score (nSPS) is 13.2. The summed E-state index contributed by atoms with van der Waals surface area (Å²) in [5.41, 5.74) is 31.1. The van der Waals surface area contributed by atoms with Gasteiger partial charge in [-0.3, -0.25) is 52.9 Å².